The second-order valence-corrected chi connectivity index (χ2v) is 7.45. The van der Waals surface area contributed by atoms with Gasteiger partial charge in [0.1, 0.15) is 5.75 Å². The number of hydrogen-bond donors (Lipinski definition) is 1. The molecule has 6 nitrogen and oxygen atoms in total. The SMILES string of the molecule is CN=C(NCc1cc(OC)c(OC)cc1OC)N1CC(C)(C)C1(C)C.I. The molecule has 1 heterocycles. The Morgan fingerprint density at radius 2 is 1.58 bits per heavy atom. The Morgan fingerprint density at radius 1 is 1.04 bits per heavy atom. The number of hydrogen-bond acceptors (Lipinski definition) is 4. The van der Waals surface area contributed by atoms with Crippen molar-refractivity contribution < 1.29 is 14.2 Å². The summed E-state index contributed by atoms with van der Waals surface area (Å²) in [7, 11) is 6.71. The first kappa shape index (κ1) is 22.7. The molecule has 0 aromatic heterocycles. The summed E-state index contributed by atoms with van der Waals surface area (Å²) < 4.78 is 16.2. The Morgan fingerprint density at radius 3 is 2.00 bits per heavy atom. The average Bonchev–Trinajstić information content (AvgIpc) is 2.60. The maximum absolute atomic E-state index is 5.50. The number of halogens is 1. The molecule has 0 amide bonds. The van der Waals surface area contributed by atoms with Gasteiger partial charge in [-0.05, 0) is 19.9 Å². The molecule has 0 unspecified atom stereocenters. The van der Waals surface area contributed by atoms with Gasteiger partial charge >= 0.3 is 0 Å². The molecule has 1 saturated heterocycles. The molecule has 148 valence electrons. The van der Waals surface area contributed by atoms with Crippen molar-refractivity contribution in [3.8, 4) is 17.2 Å². The Labute approximate surface area is 174 Å². The highest BCUT2D eigenvalue weighted by molar-refractivity contribution is 14.0. The zero-order valence-electron chi connectivity index (χ0n) is 17.1. The van der Waals surface area contributed by atoms with E-state index in [2.05, 4.69) is 42.9 Å². The van der Waals surface area contributed by atoms with Crippen molar-refractivity contribution in [2.75, 3.05) is 34.9 Å². The van der Waals surface area contributed by atoms with Gasteiger partial charge in [-0.1, -0.05) is 13.8 Å². The fourth-order valence-electron chi connectivity index (χ4n) is 3.10. The van der Waals surface area contributed by atoms with Crippen LogP contribution in [-0.4, -0.2) is 51.3 Å². The Hall–Kier alpha value is -1.38. The van der Waals surface area contributed by atoms with Gasteiger partial charge in [-0.15, -0.1) is 24.0 Å². The third kappa shape index (κ3) is 3.97. The molecule has 0 radical (unpaired) electrons. The van der Waals surface area contributed by atoms with Crippen molar-refractivity contribution >= 4 is 29.9 Å². The lowest BCUT2D eigenvalue weighted by molar-refractivity contribution is -0.0668. The molecule has 26 heavy (non-hydrogen) atoms. The number of ether oxygens (including phenoxy) is 3. The Kier molecular flexibility index (Phi) is 7.44. The van der Waals surface area contributed by atoms with Crippen molar-refractivity contribution in [3.63, 3.8) is 0 Å². The fraction of sp³-hybridized carbons (Fsp3) is 0.632. The monoisotopic (exact) mass is 477 g/mol. The lowest BCUT2D eigenvalue weighted by atomic mass is 9.65. The van der Waals surface area contributed by atoms with Gasteiger partial charge in [0.2, 0.25) is 0 Å². The molecule has 0 saturated carbocycles. The molecule has 2 rings (SSSR count). The number of likely N-dealkylation sites (tertiary alicyclic amines) is 1. The molecular formula is C19H32IN3O3. The molecule has 0 aliphatic carbocycles. The predicted octanol–water partition coefficient (Wildman–Crippen LogP) is 3.53. The van der Waals surface area contributed by atoms with Gasteiger partial charge in [0.25, 0.3) is 0 Å². The molecule has 1 N–H and O–H groups in total. The largest absolute Gasteiger partial charge is 0.496 e. The zero-order chi connectivity index (χ0) is 18.8. The molecule has 0 atom stereocenters. The molecule has 0 spiro atoms. The Bertz CT molecular complexity index is 660. The van der Waals surface area contributed by atoms with Gasteiger partial charge in [-0.2, -0.15) is 0 Å². The van der Waals surface area contributed by atoms with Gasteiger partial charge in [0.05, 0.1) is 21.3 Å². The molecule has 0 bridgehead atoms. The van der Waals surface area contributed by atoms with Gasteiger partial charge in [0, 0.05) is 42.7 Å². The van der Waals surface area contributed by atoms with Crippen LogP contribution in [0.3, 0.4) is 0 Å². The summed E-state index contributed by atoms with van der Waals surface area (Å²) in [5.74, 6) is 2.98. The third-order valence-corrected chi connectivity index (χ3v) is 5.58. The first-order chi connectivity index (χ1) is 11.7. The number of nitrogens with one attached hydrogen (secondary N) is 1. The van der Waals surface area contributed by atoms with E-state index < -0.39 is 0 Å². The number of methoxy groups -OCH3 is 3. The molecule has 7 heteroatoms. The fourth-order valence-corrected chi connectivity index (χ4v) is 3.10. The molecule has 1 aliphatic rings. The number of guanidine groups is 1. The van der Waals surface area contributed by atoms with Crippen LogP contribution < -0.4 is 19.5 Å². The summed E-state index contributed by atoms with van der Waals surface area (Å²) in [5, 5.41) is 3.44. The molecule has 1 aromatic carbocycles. The van der Waals surface area contributed by atoms with Crippen molar-refractivity contribution in [1.29, 1.82) is 0 Å². The van der Waals surface area contributed by atoms with Crippen LogP contribution in [0.1, 0.15) is 33.3 Å². The number of benzene rings is 1. The number of nitrogens with zero attached hydrogens (tertiary/aromatic N) is 2. The number of aliphatic imine (C=N–C) groups is 1. The summed E-state index contributed by atoms with van der Waals surface area (Å²) >= 11 is 0. The van der Waals surface area contributed by atoms with E-state index >= 15 is 0 Å². The minimum Gasteiger partial charge on any atom is -0.496 e. The summed E-state index contributed by atoms with van der Waals surface area (Å²) in [6.45, 7) is 10.6. The van der Waals surface area contributed by atoms with Crippen LogP contribution in [0.15, 0.2) is 17.1 Å². The normalized spacial score (nSPS) is 17.7. The van der Waals surface area contributed by atoms with Crippen LogP contribution in [-0.2, 0) is 6.54 Å². The predicted molar refractivity (Wildman–Crippen MR) is 116 cm³/mol. The van der Waals surface area contributed by atoms with Gasteiger partial charge in [-0.25, -0.2) is 0 Å². The summed E-state index contributed by atoms with van der Waals surface area (Å²) in [6, 6.07) is 3.78. The maximum atomic E-state index is 5.50. The first-order valence-electron chi connectivity index (χ1n) is 8.49. The van der Waals surface area contributed by atoms with Gasteiger partial charge < -0.3 is 24.4 Å². The lowest BCUT2D eigenvalue weighted by Gasteiger charge is -2.62. The average molecular weight is 477 g/mol. The minimum atomic E-state index is 0. The summed E-state index contributed by atoms with van der Waals surface area (Å²) in [5.41, 5.74) is 1.29. The highest BCUT2D eigenvalue weighted by Crippen LogP contribution is 2.46. The van der Waals surface area contributed by atoms with Crippen molar-refractivity contribution in [2.45, 2.75) is 39.8 Å². The standard InChI is InChI=1S/C19H31N3O3.HI/c1-18(2)12-22(19(18,3)4)17(20-5)21-11-13-9-15(24-7)16(25-8)10-14(13)23-6;/h9-10H,11-12H2,1-8H3,(H,20,21);1H. The van der Waals surface area contributed by atoms with E-state index in [1.807, 2.05) is 19.2 Å². The topological polar surface area (TPSA) is 55.3 Å². The van der Waals surface area contributed by atoms with E-state index in [0.29, 0.717) is 18.0 Å². The van der Waals surface area contributed by atoms with Crippen LogP contribution in [0.2, 0.25) is 0 Å². The van der Waals surface area contributed by atoms with E-state index in [0.717, 1.165) is 23.8 Å². The minimum absolute atomic E-state index is 0. The first-order valence-corrected chi connectivity index (χ1v) is 8.49. The molecular weight excluding hydrogens is 445 g/mol. The van der Waals surface area contributed by atoms with Crippen LogP contribution >= 0.6 is 24.0 Å². The van der Waals surface area contributed by atoms with Crippen molar-refractivity contribution in [1.82, 2.24) is 10.2 Å². The van der Waals surface area contributed by atoms with Crippen LogP contribution in [0.5, 0.6) is 17.2 Å². The second-order valence-electron chi connectivity index (χ2n) is 7.45. The van der Waals surface area contributed by atoms with Gasteiger partial charge in [-0.3, -0.25) is 4.99 Å². The second kappa shape index (κ2) is 8.54. The van der Waals surface area contributed by atoms with Gasteiger partial charge in [0.15, 0.2) is 17.5 Å². The van der Waals surface area contributed by atoms with E-state index in [4.69, 9.17) is 14.2 Å². The molecule has 1 aromatic rings. The summed E-state index contributed by atoms with van der Waals surface area (Å²) in [4.78, 5) is 6.76. The summed E-state index contributed by atoms with van der Waals surface area (Å²) in [6.07, 6.45) is 0. The van der Waals surface area contributed by atoms with Crippen molar-refractivity contribution in [3.05, 3.63) is 17.7 Å². The third-order valence-electron chi connectivity index (χ3n) is 5.58. The number of rotatable bonds is 5. The quantitative estimate of drug-likeness (QED) is 0.400. The van der Waals surface area contributed by atoms with E-state index in [1.165, 1.54) is 0 Å². The Balaban J connectivity index is 0.00000338. The zero-order valence-corrected chi connectivity index (χ0v) is 19.4. The lowest BCUT2D eigenvalue weighted by Crippen LogP contribution is -2.72. The van der Waals surface area contributed by atoms with Crippen LogP contribution in [0.25, 0.3) is 0 Å². The highest BCUT2D eigenvalue weighted by Gasteiger charge is 2.53. The van der Waals surface area contributed by atoms with Crippen LogP contribution in [0, 0.1) is 5.41 Å². The highest BCUT2D eigenvalue weighted by atomic mass is 127. The van der Waals surface area contributed by atoms with Crippen LogP contribution in [0.4, 0.5) is 0 Å². The maximum Gasteiger partial charge on any atom is 0.194 e. The smallest absolute Gasteiger partial charge is 0.194 e. The van der Waals surface area contributed by atoms with E-state index in [1.54, 1.807) is 21.3 Å². The van der Waals surface area contributed by atoms with E-state index in [-0.39, 0.29) is 34.9 Å². The molecule has 1 aliphatic heterocycles. The van der Waals surface area contributed by atoms with Crippen molar-refractivity contribution in [2.24, 2.45) is 10.4 Å². The molecule has 1 fully saturated rings. The van der Waals surface area contributed by atoms with E-state index in [9.17, 15) is 0 Å².